The third-order valence-electron chi connectivity index (χ3n) is 3.64. The molecule has 2 aromatic heterocycles. The quantitative estimate of drug-likeness (QED) is 0.484. The lowest BCUT2D eigenvalue weighted by Crippen LogP contribution is -2.40. The molecule has 0 aliphatic heterocycles. The average Bonchev–Trinajstić information content (AvgIpc) is 3.29. The van der Waals surface area contributed by atoms with E-state index < -0.39 is 15.9 Å². The lowest BCUT2D eigenvalue weighted by atomic mass is 10.3. The minimum atomic E-state index is -3.47. The maximum atomic E-state index is 12.2. The molecule has 0 aliphatic rings. The van der Waals surface area contributed by atoms with Gasteiger partial charge in [0, 0.05) is 25.0 Å². The van der Waals surface area contributed by atoms with Crippen molar-refractivity contribution < 1.29 is 13.5 Å². The number of aliphatic hydroxyl groups is 1. The molecule has 26 heavy (non-hydrogen) atoms. The molecule has 0 fully saturated rings. The summed E-state index contributed by atoms with van der Waals surface area (Å²) in [4.78, 5) is 7.69. The van der Waals surface area contributed by atoms with Gasteiger partial charge in [-0.1, -0.05) is 12.1 Å². The van der Waals surface area contributed by atoms with Crippen molar-refractivity contribution >= 4 is 38.5 Å². The van der Waals surface area contributed by atoms with Crippen LogP contribution in [0.15, 0.2) is 44.2 Å². The molecule has 6 nitrogen and oxygen atoms in total. The van der Waals surface area contributed by atoms with Crippen LogP contribution in [0, 0.1) is 0 Å². The van der Waals surface area contributed by atoms with Crippen molar-refractivity contribution in [3.63, 3.8) is 0 Å². The SMILES string of the molecule is CCNC(=NCC(O)CS(=O)(=O)c1cccs1)N(C)CCc1cccs1. The standard InChI is InChI=1S/C17H25N3O3S3/c1-3-18-17(20(2)9-8-15-6-4-10-24-15)19-12-14(21)13-26(22,23)16-7-5-11-25-16/h4-7,10-11,14,21H,3,8-9,12-13H2,1-2H3,(H,18,19). The molecular formula is C17H25N3O3S3. The maximum absolute atomic E-state index is 12.2. The Bertz CT molecular complexity index is 772. The van der Waals surface area contributed by atoms with Gasteiger partial charge < -0.3 is 15.3 Å². The van der Waals surface area contributed by atoms with Crippen LogP contribution in [-0.4, -0.2) is 62.9 Å². The zero-order valence-electron chi connectivity index (χ0n) is 15.0. The lowest BCUT2D eigenvalue weighted by molar-refractivity contribution is 0.205. The first-order valence-corrected chi connectivity index (χ1v) is 11.8. The Morgan fingerprint density at radius 3 is 2.65 bits per heavy atom. The number of sulfone groups is 1. The third kappa shape index (κ3) is 6.39. The van der Waals surface area contributed by atoms with Crippen LogP contribution in [0.3, 0.4) is 0 Å². The van der Waals surface area contributed by atoms with Gasteiger partial charge in [-0.3, -0.25) is 4.99 Å². The Balaban J connectivity index is 1.92. The molecule has 144 valence electrons. The van der Waals surface area contributed by atoms with Gasteiger partial charge in [0.25, 0.3) is 0 Å². The number of hydrogen-bond acceptors (Lipinski definition) is 6. The highest BCUT2D eigenvalue weighted by Crippen LogP contribution is 2.18. The molecule has 1 atom stereocenters. The van der Waals surface area contributed by atoms with Crippen molar-refractivity contribution in [2.75, 3.05) is 32.4 Å². The molecule has 9 heteroatoms. The summed E-state index contributed by atoms with van der Waals surface area (Å²) in [6, 6.07) is 7.37. The number of hydrogen-bond donors (Lipinski definition) is 2. The van der Waals surface area contributed by atoms with Gasteiger partial charge in [0.15, 0.2) is 15.8 Å². The van der Waals surface area contributed by atoms with E-state index in [0.29, 0.717) is 12.5 Å². The molecule has 0 aromatic carbocycles. The van der Waals surface area contributed by atoms with E-state index in [1.807, 2.05) is 24.9 Å². The van der Waals surface area contributed by atoms with Crippen LogP contribution in [0.25, 0.3) is 0 Å². The molecule has 0 amide bonds. The third-order valence-corrected chi connectivity index (χ3v) is 7.86. The summed E-state index contributed by atoms with van der Waals surface area (Å²) in [7, 11) is -1.54. The molecule has 0 bridgehead atoms. The predicted molar refractivity (Wildman–Crippen MR) is 109 cm³/mol. The topological polar surface area (TPSA) is 82.0 Å². The smallest absolute Gasteiger partial charge is 0.193 e. The molecule has 0 saturated heterocycles. The van der Waals surface area contributed by atoms with Gasteiger partial charge in [-0.05, 0) is 36.2 Å². The van der Waals surface area contributed by atoms with Crippen LogP contribution in [0.1, 0.15) is 11.8 Å². The largest absolute Gasteiger partial charge is 0.390 e. The summed E-state index contributed by atoms with van der Waals surface area (Å²) in [5.41, 5.74) is 0. The van der Waals surface area contributed by atoms with Crippen molar-refractivity contribution in [1.82, 2.24) is 10.2 Å². The van der Waals surface area contributed by atoms with E-state index in [1.165, 1.54) is 4.88 Å². The Morgan fingerprint density at radius 1 is 1.31 bits per heavy atom. The minimum Gasteiger partial charge on any atom is -0.390 e. The Morgan fingerprint density at radius 2 is 2.04 bits per heavy atom. The van der Waals surface area contributed by atoms with Crippen molar-refractivity contribution in [2.45, 2.75) is 23.7 Å². The highest BCUT2D eigenvalue weighted by molar-refractivity contribution is 7.93. The van der Waals surface area contributed by atoms with E-state index in [1.54, 1.807) is 28.8 Å². The number of aliphatic hydroxyl groups excluding tert-OH is 1. The number of rotatable bonds is 9. The number of aliphatic imine (C=N–C) groups is 1. The van der Waals surface area contributed by atoms with Crippen molar-refractivity contribution in [3.05, 3.63) is 39.9 Å². The monoisotopic (exact) mass is 415 g/mol. The summed E-state index contributed by atoms with van der Waals surface area (Å²) in [5.74, 6) is 0.339. The highest BCUT2D eigenvalue weighted by Gasteiger charge is 2.20. The van der Waals surface area contributed by atoms with Crippen LogP contribution in [0.4, 0.5) is 0 Å². The zero-order chi connectivity index (χ0) is 19.0. The zero-order valence-corrected chi connectivity index (χ0v) is 17.4. The summed E-state index contributed by atoms with van der Waals surface area (Å²) >= 11 is 2.88. The second kappa shape index (κ2) is 10.1. The molecule has 0 saturated carbocycles. The normalized spacial score (nSPS) is 13.6. The lowest BCUT2D eigenvalue weighted by Gasteiger charge is -2.22. The maximum Gasteiger partial charge on any atom is 0.193 e. The van der Waals surface area contributed by atoms with E-state index in [-0.39, 0.29) is 16.5 Å². The second-order valence-corrected chi connectivity index (χ2v) is 10.1. The van der Waals surface area contributed by atoms with Crippen molar-refractivity contribution in [1.29, 1.82) is 0 Å². The summed E-state index contributed by atoms with van der Waals surface area (Å²) in [5, 5.41) is 17.1. The van der Waals surface area contributed by atoms with E-state index in [9.17, 15) is 13.5 Å². The van der Waals surface area contributed by atoms with Gasteiger partial charge >= 0.3 is 0 Å². The molecule has 1 unspecified atom stereocenters. The summed E-state index contributed by atoms with van der Waals surface area (Å²) in [6.45, 7) is 3.50. The fraction of sp³-hybridized carbons (Fsp3) is 0.471. The average molecular weight is 416 g/mol. The molecule has 2 N–H and O–H groups in total. The second-order valence-electron chi connectivity index (χ2n) is 5.81. The first-order valence-electron chi connectivity index (χ1n) is 8.38. The van der Waals surface area contributed by atoms with Gasteiger partial charge in [-0.2, -0.15) is 0 Å². The van der Waals surface area contributed by atoms with Crippen LogP contribution >= 0.6 is 22.7 Å². The molecule has 2 heterocycles. The molecule has 0 aliphatic carbocycles. The molecular weight excluding hydrogens is 390 g/mol. The van der Waals surface area contributed by atoms with Crippen LogP contribution in [-0.2, 0) is 16.3 Å². The number of guanidine groups is 1. The Kier molecular flexibility index (Phi) is 8.08. The van der Waals surface area contributed by atoms with E-state index in [4.69, 9.17) is 0 Å². The number of likely N-dealkylation sites (N-methyl/N-ethyl adjacent to an activating group) is 1. The van der Waals surface area contributed by atoms with Gasteiger partial charge in [0.2, 0.25) is 0 Å². The van der Waals surface area contributed by atoms with E-state index in [2.05, 4.69) is 21.8 Å². The first-order chi connectivity index (χ1) is 12.4. The van der Waals surface area contributed by atoms with Gasteiger partial charge in [0.1, 0.15) is 4.21 Å². The Hall–Kier alpha value is -1.42. The number of thiophene rings is 2. The molecule has 2 aromatic rings. The van der Waals surface area contributed by atoms with E-state index >= 15 is 0 Å². The van der Waals surface area contributed by atoms with E-state index in [0.717, 1.165) is 24.3 Å². The van der Waals surface area contributed by atoms with Crippen LogP contribution < -0.4 is 5.32 Å². The number of nitrogens with one attached hydrogen (secondary N) is 1. The van der Waals surface area contributed by atoms with Gasteiger partial charge in [0.05, 0.1) is 18.4 Å². The minimum absolute atomic E-state index is 0.0380. The van der Waals surface area contributed by atoms with Gasteiger partial charge in [-0.15, -0.1) is 22.7 Å². The number of nitrogens with zero attached hydrogens (tertiary/aromatic N) is 2. The molecule has 2 rings (SSSR count). The molecule has 0 radical (unpaired) electrons. The van der Waals surface area contributed by atoms with Gasteiger partial charge in [-0.25, -0.2) is 8.42 Å². The molecule has 0 spiro atoms. The summed E-state index contributed by atoms with van der Waals surface area (Å²) < 4.78 is 24.7. The first kappa shape index (κ1) is 20.9. The fourth-order valence-electron chi connectivity index (χ4n) is 2.33. The van der Waals surface area contributed by atoms with Crippen LogP contribution in [0.5, 0.6) is 0 Å². The van der Waals surface area contributed by atoms with Crippen molar-refractivity contribution in [2.24, 2.45) is 4.99 Å². The Labute approximate surface area is 163 Å². The fourth-order valence-corrected chi connectivity index (χ4v) is 5.49. The summed E-state index contributed by atoms with van der Waals surface area (Å²) in [6.07, 6.45) is -0.130. The van der Waals surface area contributed by atoms with Crippen LogP contribution in [0.2, 0.25) is 0 Å². The van der Waals surface area contributed by atoms with Crippen molar-refractivity contribution in [3.8, 4) is 0 Å². The predicted octanol–water partition coefficient (Wildman–Crippen LogP) is 2.08. The highest BCUT2D eigenvalue weighted by atomic mass is 32.2.